The summed E-state index contributed by atoms with van der Waals surface area (Å²) in [7, 11) is 0. The van der Waals surface area contributed by atoms with Crippen LogP contribution < -0.4 is 0 Å². The van der Waals surface area contributed by atoms with Crippen LogP contribution in [0.4, 0.5) is 5.69 Å². The minimum absolute atomic E-state index is 0.0482. The second-order valence-corrected chi connectivity index (χ2v) is 3.84. The minimum atomic E-state index is -0.405. The molecule has 78 valence electrons. The molecule has 2 rings (SSSR count). The van der Waals surface area contributed by atoms with E-state index in [1.165, 1.54) is 6.07 Å². The maximum Gasteiger partial charge on any atom is 0.269 e. The molecule has 0 aliphatic heterocycles. The Labute approximate surface area is 87.1 Å². The Morgan fingerprint density at radius 2 is 2.20 bits per heavy atom. The first kappa shape index (κ1) is 9.83. The number of carbonyl (C=O) groups is 1. The monoisotopic (exact) mass is 205 g/mol. The summed E-state index contributed by atoms with van der Waals surface area (Å²) in [6.45, 7) is 0. The topological polar surface area (TPSA) is 60.2 Å². The van der Waals surface area contributed by atoms with Crippen LogP contribution in [0.3, 0.4) is 0 Å². The molecule has 0 bridgehead atoms. The van der Waals surface area contributed by atoms with Crippen LogP contribution in [0.25, 0.3) is 0 Å². The molecule has 4 heteroatoms. The van der Waals surface area contributed by atoms with E-state index >= 15 is 0 Å². The second kappa shape index (κ2) is 3.81. The van der Waals surface area contributed by atoms with Gasteiger partial charge in [0.15, 0.2) is 0 Å². The van der Waals surface area contributed by atoms with Crippen molar-refractivity contribution in [3.8, 4) is 0 Å². The molecule has 4 nitrogen and oxygen atoms in total. The van der Waals surface area contributed by atoms with E-state index in [1.807, 2.05) is 6.07 Å². The van der Waals surface area contributed by atoms with Crippen molar-refractivity contribution in [2.24, 2.45) is 5.92 Å². The van der Waals surface area contributed by atoms with Crippen LogP contribution in [0.5, 0.6) is 0 Å². The summed E-state index contributed by atoms with van der Waals surface area (Å²) < 4.78 is 0. The number of non-ortho nitro benzene ring substituents is 1. The zero-order valence-corrected chi connectivity index (χ0v) is 8.13. The van der Waals surface area contributed by atoms with Crippen LogP contribution in [-0.2, 0) is 4.79 Å². The standard InChI is InChI=1S/C11H11NO3/c13-7-9-4-5-11(9)8-2-1-3-10(6-8)12(14)15/h1-3,6-7,9,11H,4-5H2. The third-order valence-corrected chi connectivity index (χ3v) is 3.01. The lowest BCUT2D eigenvalue weighted by Gasteiger charge is -2.32. The quantitative estimate of drug-likeness (QED) is 0.432. The van der Waals surface area contributed by atoms with Gasteiger partial charge in [-0.15, -0.1) is 0 Å². The Balaban J connectivity index is 2.25. The normalized spacial score (nSPS) is 24.3. The molecule has 1 aliphatic carbocycles. The van der Waals surface area contributed by atoms with E-state index in [0.29, 0.717) is 0 Å². The zero-order chi connectivity index (χ0) is 10.8. The second-order valence-electron chi connectivity index (χ2n) is 3.84. The number of benzene rings is 1. The van der Waals surface area contributed by atoms with Crippen molar-refractivity contribution in [1.29, 1.82) is 0 Å². The highest BCUT2D eigenvalue weighted by Gasteiger charge is 2.32. The first-order valence-corrected chi connectivity index (χ1v) is 4.92. The Hall–Kier alpha value is -1.71. The van der Waals surface area contributed by atoms with Crippen LogP contribution in [0.2, 0.25) is 0 Å². The van der Waals surface area contributed by atoms with Gasteiger partial charge < -0.3 is 4.79 Å². The number of hydrogen-bond acceptors (Lipinski definition) is 3. The van der Waals surface area contributed by atoms with Crippen molar-refractivity contribution in [2.45, 2.75) is 18.8 Å². The molecule has 0 aromatic heterocycles. The van der Waals surface area contributed by atoms with Gasteiger partial charge in [-0.2, -0.15) is 0 Å². The number of carbonyl (C=O) groups excluding carboxylic acids is 1. The van der Waals surface area contributed by atoms with Crippen molar-refractivity contribution in [2.75, 3.05) is 0 Å². The molecule has 0 saturated heterocycles. The fourth-order valence-corrected chi connectivity index (χ4v) is 1.97. The number of aldehydes is 1. The van der Waals surface area contributed by atoms with Gasteiger partial charge in [-0.05, 0) is 24.3 Å². The van der Waals surface area contributed by atoms with E-state index in [0.717, 1.165) is 24.7 Å². The fraction of sp³-hybridized carbons (Fsp3) is 0.364. The smallest absolute Gasteiger partial charge is 0.269 e. The lowest BCUT2D eigenvalue weighted by Crippen LogP contribution is -2.24. The molecular formula is C11H11NO3. The van der Waals surface area contributed by atoms with E-state index in [1.54, 1.807) is 12.1 Å². The molecular weight excluding hydrogens is 194 g/mol. The maximum absolute atomic E-state index is 10.7. The van der Waals surface area contributed by atoms with Gasteiger partial charge in [0.2, 0.25) is 0 Å². The highest BCUT2D eigenvalue weighted by molar-refractivity contribution is 5.58. The molecule has 2 atom stereocenters. The number of rotatable bonds is 3. The Bertz CT molecular complexity index is 403. The largest absolute Gasteiger partial charge is 0.303 e. The molecule has 0 radical (unpaired) electrons. The number of nitro groups is 1. The fourth-order valence-electron chi connectivity index (χ4n) is 1.97. The summed E-state index contributed by atoms with van der Waals surface area (Å²) in [5.74, 6) is 0.231. The van der Waals surface area contributed by atoms with Crippen molar-refractivity contribution < 1.29 is 9.72 Å². The van der Waals surface area contributed by atoms with E-state index in [2.05, 4.69) is 0 Å². The SMILES string of the molecule is O=CC1CCC1c1cccc([N+](=O)[O-])c1. The molecule has 1 aromatic carbocycles. The maximum atomic E-state index is 10.7. The summed E-state index contributed by atoms with van der Waals surface area (Å²) in [5.41, 5.74) is 1.01. The lowest BCUT2D eigenvalue weighted by atomic mass is 9.71. The van der Waals surface area contributed by atoms with E-state index in [4.69, 9.17) is 0 Å². The molecule has 15 heavy (non-hydrogen) atoms. The van der Waals surface area contributed by atoms with Crippen LogP contribution in [0.1, 0.15) is 24.3 Å². The van der Waals surface area contributed by atoms with Crippen LogP contribution in [0, 0.1) is 16.0 Å². The summed E-state index contributed by atoms with van der Waals surface area (Å²) >= 11 is 0. The predicted octanol–water partition coefficient (Wildman–Crippen LogP) is 2.29. The van der Waals surface area contributed by atoms with Gasteiger partial charge >= 0.3 is 0 Å². The van der Waals surface area contributed by atoms with E-state index in [9.17, 15) is 14.9 Å². The lowest BCUT2D eigenvalue weighted by molar-refractivity contribution is -0.384. The average molecular weight is 205 g/mol. The van der Waals surface area contributed by atoms with Crippen molar-refractivity contribution in [3.05, 3.63) is 39.9 Å². The molecule has 1 fully saturated rings. The zero-order valence-electron chi connectivity index (χ0n) is 8.13. The van der Waals surface area contributed by atoms with Gasteiger partial charge in [-0.1, -0.05) is 12.1 Å². The first-order valence-electron chi connectivity index (χ1n) is 4.92. The summed E-state index contributed by atoms with van der Waals surface area (Å²) in [4.78, 5) is 20.8. The van der Waals surface area contributed by atoms with Crippen LogP contribution in [0.15, 0.2) is 24.3 Å². The molecule has 2 unspecified atom stereocenters. The minimum Gasteiger partial charge on any atom is -0.303 e. The summed E-state index contributed by atoms with van der Waals surface area (Å²) in [5, 5.41) is 10.6. The molecule has 0 amide bonds. The molecule has 0 spiro atoms. The molecule has 1 aliphatic rings. The molecule has 0 heterocycles. The number of nitrogens with zero attached hydrogens (tertiary/aromatic N) is 1. The number of nitro benzene ring substituents is 1. The van der Waals surface area contributed by atoms with Gasteiger partial charge in [-0.3, -0.25) is 10.1 Å². The molecule has 1 aromatic rings. The Morgan fingerprint density at radius 1 is 1.40 bits per heavy atom. The van der Waals surface area contributed by atoms with E-state index in [-0.39, 0.29) is 17.5 Å². The Morgan fingerprint density at radius 3 is 2.73 bits per heavy atom. The molecule has 1 saturated carbocycles. The van der Waals surface area contributed by atoms with Gasteiger partial charge in [0.1, 0.15) is 6.29 Å². The van der Waals surface area contributed by atoms with Crippen molar-refractivity contribution in [3.63, 3.8) is 0 Å². The van der Waals surface area contributed by atoms with Crippen LogP contribution >= 0.6 is 0 Å². The first-order chi connectivity index (χ1) is 7.22. The van der Waals surface area contributed by atoms with Gasteiger partial charge in [0, 0.05) is 18.1 Å². The van der Waals surface area contributed by atoms with Gasteiger partial charge in [0.05, 0.1) is 4.92 Å². The van der Waals surface area contributed by atoms with Crippen molar-refractivity contribution >= 4 is 12.0 Å². The summed E-state index contributed by atoms with van der Waals surface area (Å²) in [6.07, 6.45) is 2.80. The number of hydrogen-bond donors (Lipinski definition) is 0. The average Bonchev–Trinajstić information content (AvgIpc) is 2.17. The Kier molecular flexibility index (Phi) is 2.49. The summed E-state index contributed by atoms with van der Waals surface area (Å²) in [6, 6.07) is 6.57. The van der Waals surface area contributed by atoms with Gasteiger partial charge in [-0.25, -0.2) is 0 Å². The highest BCUT2D eigenvalue weighted by Crippen LogP contribution is 2.41. The van der Waals surface area contributed by atoms with Crippen molar-refractivity contribution in [1.82, 2.24) is 0 Å². The van der Waals surface area contributed by atoms with Gasteiger partial charge in [0.25, 0.3) is 5.69 Å². The third-order valence-electron chi connectivity index (χ3n) is 3.01. The molecule has 0 N–H and O–H groups in total. The van der Waals surface area contributed by atoms with Crippen LogP contribution in [-0.4, -0.2) is 11.2 Å². The highest BCUT2D eigenvalue weighted by atomic mass is 16.6. The third kappa shape index (κ3) is 1.75. The predicted molar refractivity (Wildman–Crippen MR) is 54.6 cm³/mol. The van der Waals surface area contributed by atoms with E-state index < -0.39 is 4.92 Å².